The fourth-order valence-electron chi connectivity index (χ4n) is 5.63. The van der Waals surface area contributed by atoms with Crippen LogP contribution in [0.4, 0.5) is 4.39 Å². The standard InChI is InChI=1S/C35H31FN2O4/c1-20-5-4-6-25(15-20)35(13-14-35)38-34(40)28-19-24(21(2)16-30(28)41-3)17-22-7-12-29-27(18-22)31(33(37)39)32(42-29)23-8-10-26(36)11-9-23/h4-12,15-16,18-19H,13-14,17H2,1-3H3,(H2,37,39)(H,38,40). The smallest absolute Gasteiger partial charge is 0.255 e. The molecule has 1 saturated carbocycles. The number of carbonyl (C=O) groups is 2. The molecule has 2 amide bonds. The van der Waals surface area contributed by atoms with E-state index in [1.54, 1.807) is 25.3 Å². The van der Waals surface area contributed by atoms with Crippen LogP contribution in [0.5, 0.6) is 5.75 Å². The summed E-state index contributed by atoms with van der Waals surface area (Å²) >= 11 is 0. The zero-order valence-corrected chi connectivity index (χ0v) is 23.7. The van der Waals surface area contributed by atoms with E-state index in [9.17, 15) is 14.0 Å². The molecule has 1 aliphatic rings. The summed E-state index contributed by atoms with van der Waals surface area (Å²) in [5.41, 5.74) is 12.3. The molecule has 0 radical (unpaired) electrons. The van der Waals surface area contributed by atoms with E-state index >= 15 is 0 Å². The summed E-state index contributed by atoms with van der Waals surface area (Å²) in [5, 5.41) is 3.85. The highest BCUT2D eigenvalue weighted by Gasteiger charge is 2.46. The first kappa shape index (κ1) is 27.3. The summed E-state index contributed by atoms with van der Waals surface area (Å²) in [6.45, 7) is 4.03. The quantitative estimate of drug-likeness (QED) is 0.213. The van der Waals surface area contributed by atoms with Crippen molar-refractivity contribution in [1.29, 1.82) is 0 Å². The summed E-state index contributed by atoms with van der Waals surface area (Å²) in [6, 6.07) is 23.4. The second-order valence-electron chi connectivity index (χ2n) is 11.1. The normalized spacial score (nSPS) is 13.6. The van der Waals surface area contributed by atoms with Gasteiger partial charge in [0, 0.05) is 10.9 Å². The third kappa shape index (κ3) is 5.02. The Bertz CT molecular complexity index is 1850. The summed E-state index contributed by atoms with van der Waals surface area (Å²) in [5.74, 6) is -0.385. The molecule has 0 bridgehead atoms. The highest BCUT2D eigenvalue weighted by atomic mass is 19.1. The van der Waals surface area contributed by atoms with Crippen molar-refractivity contribution in [2.24, 2.45) is 5.73 Å². The molecule has 0 spiro atoms. The number of furan rings is 1. The van der Waals surface area contributed by atoms with Crippen molar-refractivity contribution in [3.8, 4) is 17.1 Å². The molecule has 1 aliphatic carbocycles. The molecule has 3 N–H and O–H groups in total. The number of fused-ring (bicyclic) bond motifs is 1. The van der Waals surface area contributed by atoms with E-state index < -0.39 is 5.91 Å². The molecule has 1 aromatic heterocycles. The van der Waals surface area contributed by atoms with Crippen LogP contribution in [0.15, 0.2) is 83.3 Å². The molecule has 7 heteroatoms. The number of nitrogens with two attached hydrogens (primary N) is 1. The third-order valence-corrected chi connectivity index (χ3v) is 8.08. The number of aryl methyl sites for hydroxylation is 2. The molecule has 0 atom stereocenters. The minimum Gasteiger partial charge on any atom is -0.496 e. The van der Waals surface area contributed by atoms with Gasteiger partial charge in [-0.1, -0.05) is 35.9 Å². The van der Waals surface area contributed by atoms with Crippen molar-refractivity contribution in [1.82, 2.24) is 5.32 Å². The number of hydrogen-bond acceptors (Lipinski definition) is 4. The monoisotopic (exact) mass is 562 g/mol. The topological polar surface area (TPSA) is 94.6 Å². The Morgan fingerprint density at radius 2 is 1.76 bits per heavy atom. The van der Waals surface area contributed by atoms with Crippen molar-refractivity contribution < 1.29 is 23.1 Å². The van der Waals surface area contributed by atoms with Gasteiger partial charge in [-0.2, -0.15) is 0 Å². The van der Waals surface area contributed by atoms with Crippen LogP contribution in [0.1, 0.15) is 61.4 Å². The number of ether oxygens (including phenoxy) is 1. The number of benzene rings is 4. The average Bonchev–Trinajstić information content (AvgIpc) is 3.65. The number of nitrogens with one attached hydrogen (secondary N) is 1. The first-order chi connectivity index (χ1) is 20.2. The van der Waals surface area contributed by atoms with Gasteiger partial charge in [0.2, 0.25) is 0 Å². The summed E-state index contributed by atoms with van der Waals surface area (Å²) in [4.78, 5) is 26.1. The number of primary amides is 1. The highest BCUT2D eigenvalue weighted by Crippen LogP contribution is 2.46. The largest absolute Gasteiger partial charge is 0.496 e. The molecule has 212 valence electrons. The lowest BCUT2D eigenvalue weighted by Crippen LogP contribution is -2.35. The Kier molecular flexibility index (Phi) is 6.81. The number of halogens is 1. The molecule has 0 aliphatic heterocycles. The van der Waals surface area contributed by atoms with Crippen LogP contribution >= 0.6 is 0 Å². The van der Waals surface area contributed by atoms with Crippen molar-refractivity contribution in [2.75, 3.05) is 7.11 Å². The summed E-state index contributed by atoms with van der Waals surface area (Å²) in [7, 11) is 1.57. The van der Waals surface area contributed by atoms with Gasteiger partial charge in [-0.05, 0) is 104 Å². The zero-order valence-electron chi connectivity index (χ0n) is 23.7. The van der Waals surface area contributed by atoms with E-state index in [-0.39, 0.29) is 22.8 Å². The third-order valence-electron chi connectivity index (χ3n) is 8.08. The van der Waals surface area contributed by atoms with E-state index in [0.29, 0.717) is 40.0 Å². The molecule has 42 heavy (non-hydrogen) atoms. The maximum atomic E-state index is 13.6. The lowest BCUT2D eigenvalue weighted by molar-refractivity contribution is 0.0926. The van der Waals surface area contributed by atoms with Crippen LogP contribution < -0.4 is 15.8 Å². The van der Waals surface area contributed by atoms with Crippen LogP contribution in [0.2, 0.25) is 0 Å². The van der Waals surface area contributed by atoms with E-state index in [0.717, 1.165) is 40.7 Å². The first-order valence-corrected chi connectivity index (χ1v) is 13.9. The molecule has 5 aromatic rings. The molecule has 1 fully saturated rings. The Morgan fingerprint density at radius 1 is 1.00 bits per heavy atom. The predicted octanol–water partition coefficient (Wildman–Crippen LogP) is 6.97. The SMILES string of the molecule is COc1cc(C)c(Cc2ccc3oc(-c4ccc(F)cc4)c(C(N)=O)c3c2)cc1C(=O)NC1(c2cccc(C)c2)CC1. The van der Waals surface area contributed by atoms with Gasteiger partial charge in [-0.3, -0.25) is 9.59 Å². The minimum absolute atomic E-state index is 0.183. The Hall–Kier alpha value is -4.91. The predicted molar refractivity (Wildman–Crippen MR) is 160 cm³/mol. The molecule has 0 unspecified atom stereocenters. The number of amides is 2. The van der Waals surface area contributed by atoms with Crippen LogP contribution in [-0.4, -0.2) is 18.9 Å². The average molecular weight is 563 g/mol. The summed E-state index contributed by atoms with van der Waals surface area (Å²) in [6.07, 6.45) is 2.27. The molecule has 0 saturated heterocycles. The van der Waals surface area contributed by atoms with Gasteiger partial charge in [-0.15, -0.1) is 0 Å². The number of methoxy groups -OCH3 is 1. The van der Waals surface area contributed by atoms with Crippen molar-refractivity contribution in [3.63, 3.8) is 0 Å². The second-order valence-corrected chi connectivity index (χ2v) is 11.1. The fraction of sp³-hybridized carbons (Fsp3) is 0.200. The molecule has 1 heterocycles. The Morgan fingerprint density at radius 3 is 2.43 bits per heavy atom. The lowest BCUT2D eigenvalue weighted by atomic mass is 9.95. The second kappa shape index (κ2) is 10.5. The Labute approximate surface area is 243 Å². The van der Waals surface area contributed by atoms with Gasteiger partial charge in [0.15, 0.2) is 0 Å². The van der Waals surface area contributed by atoms with Gasteiger partial charge >= 0.3 is 0 Å². The van der Waals surface area contributed by atoms with E-state index in [4.69, 9.17) is 14.9 Å². The maximum Gasteiger partial charge on any atom is 0.255 e. The van der Waals surface area contributed by atoms with E-state index in [2.05, 4.69) is 17.4 Å². The van der Waals surface area contributed by atoms with Crippen LogP contribution in [-0.2, 0) is 12.0 Å². The van der Waals surface area contributed by atoms with Crippen molar-refractivity contribution >= 4 is 22.8 Å². The molecule has 4 aromatic carbocycles. The number of rotatable bonds is 8. The number of hydrogen-bond donors (Lipinski definition) is 2. The lowest BCUT2D eigenvalue weighted by Gasteiger charge is -2.20. The van der Waals surface area contributed by atoms with Crippen LogP contribution in [0.25, 0.3) is 22.3 Å². The summed E-state index contributed by atoms with van der Waals surface area (Å²) < 4.78 is 25.1. The zero-order chi connectivity index (χ0) is 29.6. The van der Waals surface area contributed by atoms with E-state index in [1.165, 1.54) is 12.1 Å². The fourth-order valence-corrected chi connectivity index (χ4v) is 5.63. The molecule has 6 nitrogen and oxygen atoms in total. The van der Waals surface area contributed by atoms with Crippen molar-refractivity contribution in [2.45, 2.75) is 38.6 Å². The maximum absolute atomic E-state index is 13.6. The van der Waals surface area contributed by atoms with Gasteiger partial charge in [-0.25, -0.2) is 4.39 Å². The van der Waals surface area contributed by atoms with Gasteiger partial charge in [0.1, 0.15) is 22.9 Å². The Balaban J connectivity index is 1.33. The number of carbonyl (C=O) groups excluding carboxylic acids is 2. The molecule has 6 rings (SSSR count). The molecular formula is C35H31FN2O4. The first-order valence-electron chi connectivity index (χ1n) is 13.9. The molecular weight excluding hydrogens is 531 g/mol. The van der Waals surface area contributed by atoms with Gasteiger partial charge in [0.05, 0.1) is 23.8 Å². The van der Waals surface area contributed by atoms with Gasteiger partial charge in [0.25, 0.3) is 11.8 Å². The van der Waals surface area contributed by atoms with E-state index in [1.807, 2.05) is 50.2 Å². The van der Waals surface area contributed by atoms with Crippen LogP contribution in [0, 0.1) is 19.7 Å². The minimum atomic E-state index is -0.632. The van der Waals surface area contributed by atoms with Gasteiger partial charge < -0.3 is 20.2 Å². The van der Waals surface area contributed by atoms with Crippen LogP contribution in [0.3, 0.4) is 0 Å². The van der Waals surface area contributed by atoms with Crippen molar-refractivity contribution in [3.05, 3.63) is 124 Å². The highest BCUT2D eigenvalue weighted by molar-refractivity contribution is 6.10.